The number of carbonyl (C=O) groups excluding carboxylic acids is 2. The lowest BCUT2D eigenvalue weighted by Crippen LogP contribution is -2.33. The second-order valence-corrected chi connectivity index (χ2v) is 8.00. The summed E-state index contributed by atoms with van der Waals surface area (Å²) < 4.78 is 36.4. The average Bonchev–Trinajstić information content (AvgIpc) is 2.79. The zero-order valence-electron chi connectivity index (χ0n) is 19.6. The lowest BCUT2D eigenvalue weighted by atomic mass is 9.95. The SMILES string of the molecule is CCC(CCCCCC(=O)NCC(F)(F)F)c1ccnc(Nc2cnc(C(=O)NC)c(C)c2)n1. The molecule has 0 spiro atoms. The van der Waals surface area contributed by atoms with Crippen molar-refractivity contribution in [3.8, 4) is 0 Å². The molecule has 2 amide bonds. The van der Waals surface area contributed by atoms with Crippen LogP contribution in [-0.4, -0.2) is 46.5 Å². The van der Waals surface area contributed by atoms with Crippen LogP contribution in [0, 0.1) is 6.92 Å². The quantitative estimate of drug-likeness (QED) is 0.389. The van der Waals surface area contributed by atoms with E-state index in [4.69, 9.17) is 0 Å². The normalized spacial score (nSPS) is 12.2. The smallest absolute Gasteiger partial charge is 0.354 e. The molecule has 34 heavy (non-hydrogen) atoms. The highest BCUT2D eigenvalue weighted by molar-refractivity contribution is 5.93. The molecule has 1 atom stereocenters. The van der Waals surface area contributed by atoms with Gasteiger partial charge < -0.3 is 16.0 Å². The summed E-state index contributed by atoms with van der Waals surface area (Å²) in [6.07, 6.45) is 2.75. The fourth-order valence-corrected chi connectivity index (χ4v) is 3.49. The van der Waals surface area contributed by atoms with Crippen molar-refractivity contribution in [2.75, 3.05) is 18.9 Å². The highest BCUT2D eigenvalue weighted by Gasteiger charge is 2.27. The van der Waals surface area contributed by atoms with Crippen LogP contribution in [0.4, 0.5) is 24.8 Å². The van der Waals surface area contributed by atoms with E-state index < -0.39 is 18.6 Å². The Morgan fingerprint density at radius 1 is 1.15 bits per heavy atom. The molecule has 2 rings (SSSR count). The Hall–Kier alpha value is -3.24. The van der Waals surface area contributed by atoms with E-state index in [1.165, 1.54) is 0 Å². The summed E-state index contributed by atoms with van der Waals surface area (Å²) in [6.45, 7) is 2.57. The Morgan fingerprint density at radius 2 is 1.91 bits per heavy atom. The number of amides is 2. The van der Waals surface area contributed by atoms with Gasteiger partial charge in [0.15, 0.2) is 0 Å². The lowest BCUT2D eigenvalue weighted by molar-refractivity contribution is -0.138. The average molecular weight is 481 g/mol. The highest BCUT2D eigenvalue weighted by atomic mass is 19.4. The van der Waals surface area contributed by atoms with Gasteiger partial charge in [0, 0.05) is 31.3 Å². The first-order valence-corrected chi connectivity index (χ1v) is 11.2. The minimum absolute atomic E-state index is 0.0839. The summed E-state index contributed by atoms with van der Waals surface area (Å²) in [4.78, 5) is 36.4. The van der Waals surface area contributed by atoms with Crippen molar-refractivity contribution < 1.29 is 22.8 Å². The van der Waals surface area contributed by atoms with E-state index >= 15 is 0 Å². The molecule has 186 valence electrons. The van der Waals surface area contributed by atoms with Crippen LogP contribution in [0.15, 0.2) is 24.5 Å². The van der Waals surface area contributed by atoms with Crippen LogP contribution in [-0.2, 0) is 4.79 Å². The van der Waals surface area contributed by atoms with Gasteiger partial charge in [-0.2, -0.15) is 13.2 Å². The van der Waals surface area contributed by atoms with Crippen molar-refractivity contribution in [2.24, 2.45) is 0 Å². The van der Waals surface area contributed by atoms with Gasteiger partial charge in [0.1, 0.15) is 12.2 Å². The lowest BCUT2D eigenvalue weighted by Gasteiger charge is -2.15. The number of pyridine rings is 1. The van der Waals surface area contributed by atoms with Crippen molar-refractivity contribution in [1.82, 2.24) is 25.6 Å². The van der Waals surface area contributed by atoms with Crippen LogP contribution in [0.2, 0.25) is 0 Å². The van der Waals surface area contributed by atoms with Crippen LogP contribution in [0.5, 0.6) is 0 Å². The molecule has 2 aromatic heterocycles. The van der Waals surface area contributed by atoms with Gasteiger partial charge in [-0.15, -0.1) is 0 Å². The maximum absolute atomic E-state index is 12.1. The van der Waals surface area contributed by atoms with Crippen molar-refractivity contribution in [3.63, 3.8) is 0 Å². The molecule has 0 aliphatic rings. The Kier molecular flexibility index (Phi) is 10.2. The van der Waals surface area contributed by atoms with Gasteiger partial charge in [-0.05, 0) is 43.9 Å². The maximum Gasteiger partial charge on any atom is 0.405 e. The molecule has 0 bridgehead atoms. The molecule has 2 aromatic rings. The number of anilines is 2. The molecule has 3 N–H and O–H groups in total. The third-order valence-electron chi connectivity index (χ3n) is 5.31. The van der Waals surface area contributed by atoms with E-state index in [0.717, 1.165) is 36.9 Å². The van der Waals surface area contributed by atoms with E-state index in [2.05, 4.69) is 32.5 Å². The number of hydrogen-bond donors (Lipinski definition) is 3. The van der Waals surface area contributed by atoms with Crippen molar-refractivity contribution in [3.05, 3.63) is 41.5 Å². The molecule has 0 aliphatic carbocycles. The molecular weight excluding hydrogens is 449 g/mol. The standard InChI is InChI=1S/C23H31F3N6O2/c1-4-16(8-6-5-7-9-19(33)30-14-23(24,25)26)18-10-11-28-22(32-18)31-17-12-15(2)20(29-13-17)21(34)27-3/h10-13,16H,4-9,14H2,1-3H3,(H,27,34)(H,30,33)(H,28,31,32). The Labute approximate surface area is 197 Å². The zero-order valence-corrected chi connectivity index (χ0v) is 19.6. The zero-order chi connectivity index (χ0) is 25.1. The molecule has 0 radical (unpaired) electrons. The molecule has 0 saturated heterocycles. The molecule has 2 heterocycles. The van der Waals surface area contributed by atoms with Gasteiger partial charge in [-0.1, -0.05) is 19.8 Å². The summed E-state index contributed by atoms with van der Waals surface area (Å²) in [6, 6.07) is 3.66. The molecule has 0 aromatic carbocycles. The summed E-state index contributed by atoms with van der Waals surface area (Å²) >= 11 is 0. The molecule has 0 fully saturated rings. The Bertz CT molecular complexity index is 968. The number of nitrogens with zero attached hydrogens (tertiary/aromatic N) is 3. The minimum atomic E-state index is -4.39. The largest absolute Gasteiger partial charge is 0.405 e. The van der Waals surface area contributed by atoms with Gasteiger partial charge in [-0.3, -0.25) is 9.59 Å². The first kappa shape index (κ1) is 27.0. The number of rotatable bonds is 12. The number of unbranched alkanes of at least 4 members (excludes halogenated alkanes) is 2. The monoisotopic (exact) mass is 480 g/mol. The van der Waals surface area contributed by atoms with Crippen LogP contribution < -0.4 is 16.0 Å². The maximum atomic E-state index is 12.1. The topological polar surface area (TPSA) is 109 Å². The van der Waals surface area contributed by atoms with Crippen molar-refractivity contribution in [2.45, 2.75) is 64.5 Å². The minimum Gasteiger partial charge on any atom is -0.354 e. The van der Waals surface area contributed by atoms with Crippen LogP contribution in [0.3, 0.4) is 0 Å². The third-order valence-corrected chi connectivity index (χ3v) is 5.31. The van der Waals surface area contributed by atoms with Crippen LogP contribution >= 0.6 is 0 Å². The number of aromatic nitrogens is 3. The second-order valence-electron chi connectivity index (χ2n) is 8.00. The molecule has 8 nitrogen and oxygen atoms in total. The van der Waals surface area contributed by atoms with Gasteiger partial charge in [-0.25, -0.2) is 15.0 Å². The Morgan fingerprint density at radius 3 is 2.56 bits per heavy atom. The van der Waals surface area contributed by atoms with Gasteiger partial charge >= 0.3 is 6.18 Å². The predicted molar refractivity (Wildman–Crippen MR) is 123 cm³/mol. The van der Waals surface area contributed by atoms with E-state index in [0.29, 0.717) is 23.8 Å². The molecule has 1 unspecified atom stereocenters. The summed E-state index contributed by atoms with van der Waals surface area (Å²) in [5.74, 6) is -0.219. The summed E-state index contributed by atoms with van der Waals surface area (Å²) in [5, 5.41) is 7.56. The van der Waals surface area contributed by atoms with E-state index in [-0.39, 0.29) is 18.2 Å². The van der Waals surface area contributed by atoms with Crippen molar-refractivity contribution >= 4 is 23.5 Å². The van der Waals surface area contributed by atoms with E-state index in [1.54, 1.807) is 32.4 Å². The molecular formula is C23H31F3N6O2. The second kappa shape index (κ2) is 12.9. The van der Waals surface area contributed by atoms with Crippen molar-refractivity contribution in [1.29, 1.82) is 0 Å². The number of aryl methyl sites for hydroxylation is 1. The number of halogens is 3. The number of alkyl halides is 3. The fourth-order valence-electron chi connectivity index (χ4n) is 3.49. The molecule has 0 aliphatic heterocycles. The van der Waals surface area contributed by atoms with Gasteiger partial charge in [0.2, 0.25) is 11.9 Å². The summed E-state index contributed by atoms with van der Waals surface area (Å²) in [7, 11) is 1.55. The van der Waals surface area contributed by atoms with Gasteiger partial charge in [0.25, 0.3) is 5.91 Å². The summed E-state index contributed by atoms with van der Waals surface area (Å²) in [5.41, 5.74) is 2.62. The predicted octanol–water partition coefficient (Wildman–Crippen LogP) is 4.41. The molecule has 0 saturated carbocycles. The molecule has 11 heteroatoms. The highest BCUT2D eigenvalue weighted by Crippen LogP contribution is 2.25. The number of hydrogen-bond acceptors (Lipinski definition) is 6. The Balaban J connectivity index is 1.86. The van der Waals surface area contributed by atoms with Crippen LogP contribution in [0.1, 0.15) is 73.1 Å². The van der Waals surface area contributed by atoms with E-state index in [1.807, 2.05) is 11.4 Å². The first-order valence-electron chi connectivity index (χ1n) is 11.2. The third kappa shape index (κ3) is 8.95. The van der Waals surface area contributed by atoms with Gasteiger partial charge in [0.05, 0.1) is 11.9 Å². The number of carbonyl (C=O) groups is 2. The first-order chi connectivity index (χ1) is 16.1. The van der Waals surface area contributed by atoms with Crippen LogP contribution in [0.25, 0.3) is 0 Å². The number of nitrogens with one attached hydrogen (secondary N) is 3. The fraction of sp³-hybridized carbons (Fsp3) is 0.522. The van der Waals surface area contributed by atoms with E-state index in [9.17, 15) is 22.8 Å².